The van der Waals surface area contributed by atoms with E-state index in [2.05, 4.69) is 20.3 Å². The number of anilines is 1. The van der Waals surface area contributed by atoms with E-state index >= 15 is 0 Å². The Morgan fingerprint density at radius 2 is 2.00 bits per heavy atom. The number of nitrogens with one attached hydrogen (secondary N) is 1. The fourth-order valence-electron chi connectivity index (χ4n) is 1.46. The van der Waals surface area contributed by atoms with E-state index in [1.54, 1.807) is 31.6 Å². The van der Waals surface area contributed by atoms with Crippen LogP contribution in [0.4, 0.5) is 5.82 Å². The van der Waals surface area contributed by atoms with Crippen molar-refractivity contribution < 1.29 is 4.79 Å². The average molecular weight is 242 g/mol. The van der Waals surface area contributed by atoms with Gasteiger partial charge in [-0.25, -0.2) is 9.97 Å². The zero-order valence-corrected chi connectivity index (χ0v) is 10.1. The van der Waals surface area contributed by atoms with Gasteiger partial charge in [0.25, 0.3) is 0 Å². The molecule has 0 aliphatic carbocycles. The van der Waals surface area contributed by atoms with Crippen LogP contribution in [0.2, 0.25) is 0 Å². The van der Waals surface area contributed by atoms with Gasteiger partial charge >= 0.3 is 0 Å². The molecule has 2 aromatic heterocycles. The highest BCUT2D eigenvalue weighted by Crippen LogP contribution is 2.14. The molecule has 1 N–H and O–H groups in total. The lowest BCUT2D eigenvalue weighted by molar-refractivity contribution is -0.116. The minimum atomic E-state index is 0.158. The van der Waals surface area contributed by atoms with Gasteiger partial charge in [0.1, 0.15) is 11.6 Å². The first-order valence-corrected chi connectivity index (χ1v) is 5.72. The standard InChI is InChI=1S/C13H14N4O/c1-10(18)2-8-15-12-5-9-16-13(17-12)11-3-6-14-7-4-11/h3-7,9H,2,8H2,1H3,(H,15,16,17). The summed E-state index contributed by atoms with van der Waals surface area (Å²) in [6, 6.07) is 5.49. The van der Waals surface area contributed by atoms with Crippen molar-refractivity contribution in [1.29, 1.82) is 0 Å². The highest BCUT2D eigenvalue weighted by atomic mass is 16.1. The molecule has 0 fully saturated rings. The van der Waals surface area contributed by atoms with Gasteiger partial charge in [0, 0.05) is 37.1 Å². The fourth-order valence-corrected chi connectivity index (χ4v) is 1.46. The molecule has 0 radical (unpaired) electrons. The zero-order chi connectivity index (χ0) is 12.8. The number of hydrogen-bond donors (Lipinski definition) is 1. The van der Waals surface area contributed by atoms with Gasteiger partial charge in [-0.3, -0.25) is 9.78 Å². The lowest BCUT2D eigenvalue weighted by Gasteiger charge is -2.05. The van der Waals surface area contributed by atoms with Crippen molar-refractivity contribution in [1.82, 2.24) is 15.0 Å². The molecule has 0 spiro atoms. The zero-order valence-electron chi connectivity index (χ0n) is 10.1. The highest BCUT2D eigenvalue weighted by Gasteiger charge is 2.02. The van der Waals surface area contributed by atoms with Crippen molar-refractivity contribution in [2.24, 2.45) is 0 Å². The minimum Gasteiger partial charge on any atom is -0.370 e. The minimum absolute atomic E-state index is 0.158. The second kappa shape index (κ2) is 5.86. The van der Waals surface area contributed by atoms with Gasteiger partial charge in [-0.15, -0.1) is 0 Å². The number of hydrogen-bond acceptors (Lipinski definition) is 5. The van der Waals surface area contributed by atoms with Gasteiger partial charge < -0.3 is 5.32 Å². The third kappa shape index (κ3) is 3.35. The van der Waals surface area contributed by atoms with Crippen LogP contribution in [0, 0.1) is 0 Å². The van der Waals surface area contributed by atoms with E-state index in [0.717, 1.165) is 11.4 Å². The Morgan fingerprint density at radius 1 is 1.22 bits per heavy atom. The molecule has 0 saturated carbocycles. The summed E-state index contributed by atoms with van der Waals surface area (Å²) in [6.45, 7) is 2.16. The third-order valence-electron chi connectivity index (χ3n) is 2.38. The van der Waals surface area contributed by atoms with Gasteiger partial charge in [0.2, 0.25) is 0 Å². The maximum absolute atomic E-state index is 10.8. The van der Waals surface area contributed by atoms with Crippen LogP contribution < -0.4 is 5.32 Å². The second-order valence-electron chi connectivity index (χ2n) is 3.88. The van der Waals surface area contributed by atoms with Crippen molar-refractivity contribution in [3.05, 3.63) is 36.8 Å². The Kier molecular flexibility index (Phi) is 3.96. The van der Waals surface area contributed by atoms with Crippen LogP contribution in [0.3, 0.4) is 0 Å². The normalized spacial score (nSPS) is 10.1. The molecule has 5 heteroatoms. The molecule has 18 heavy (non-hydrogen) atoms. The lowest BCUT2D eigenvalue weighted by Crippen LogP contribution is -2.07. The van der Waals surface area contributed by atoms with Crippen molar-refractivity contribution in [2.75, 3.05) is 11.9 Å². The molecule has 2 aromatic rings. The number of carbonyl (C=O) groups is 1. The molecular formula is C13H14N4O. The van der Waals surface area contributed by atoms with E-state index in [0.29, 0.717) is 18.8 Å². The van der Waals surface area contributed by atoms with E-state index in [1.165, 1.54) is 0 Å². The van der Waals surface area contributed by atoms with Crippen LogP contribution in [0.15, 0.2) is 36.8 Å². The predicted molar refractivity (Wildman–Crippen MR) is 69.1 cm³/mol. The van der Waals surface area contributed by atoms with Crippen LogP contribution in [-0.4, -0.2) is 27.3 Å². The molecule has 0 aliphatic heterocycles. The summed E-state index contributed by atoms with van der Waals surface area (Å²) in [7, 11) is 0. The van der Waals surface area contributed by atoms with Gasteiger partial charge in [-0.05, 0) is 25.1 Å². The fraction of sp³-hybridized carbons (Fsp3) is 0.231. The number of aromatic nitrogens is 3. The van der Waals surface area contributed by atoms with E-state index in [1.807, 2.05) is 12.1 Å². The van der Waals surface area contributed by atoms with Crippen LogP contribution in [0.5, 0.6) is 0 Å². The molecule has 92 valence electrons. The van der Waals surface area contributed by atoms with Crippen molar-refractivity contribution in [3.63, 3.8) is 0 Å². The first kappa shape index (κ1) is 12.2. The Morgan fingerprint density at radius 3 is 2.72 bits per heavy atom. The first-order chi connectivity index (χ1) is 8.75. The summed E-state index contributed by atoms with van der Waals surface area (Å²) in [5, 5.41) is 3.10. The molecule has 0 unspecified atom stereocenters. The molecule has 2 rings (SSSR count). The Bertz CT molecular complexity index is 528. The molecule has 0 aromatic carbocycles. The predicted octanol–water partition coefficient (Wildman–Crippen LogP) is 1.93. The molecule has 0 saturated heterocycles. The number of nitrogens with zero attached hydrogens (tertiary/aromatic N) is 3. The summed E-state index contributed by atoms with van der Waals surface area (Å²) in [4.78, 5) is 23.4. The van der Waals surface area contributed by atoms with E-state index in [4.69, 9.17) is 0 Å². The van der Waals surface area contributed by atoms with Gasteiger partial charge in [0.15, 0.2) is 5.82 Å². The molecule has 0 aliphatic rings. The third-order valence-corrected chi connectivity index (χ3v) is 2.38. The van der Waals surface area contributed by atoms with E-state index in [9.17, 15) is 4.79 Å². The van der Waals surface area contributed by atoms with Gasteiger partial charge in [-0.1, -0.05) is 0 Å². The maximum atomic E-state index is 10.8. The molecule has 0 amide bonds. The summed E-state index contributed by atoms with van der Waals surface area (Å²) in [5.74, 6) is 1.52. The number of pyridine rings is 1. The highest BCUT2D eigenvalue weighted by molar-refractivity contribution is 5.75. The first-order valence-electron chi connectivity index (χ1n) is 5.72. The Hall–Kier alpha value is -2.30. The van der Waals surface area contributed by atoms with Crippen LogP contribution in [0.25, 0.3) is 11.4 Å². The quantitative estimate of drug-likeness (QED) is 0.867. The van der Waals surface area contributed by atoms with Gasteiger partial charge in [-0.2, -0.15) is 0 Å². The van der Waals surface area contributed by atoms with Crippen molar-refractivity contribution >= 4 is 11.6 Å². The van der Waals surface area contributed by atoms with Gasteiger partial charge in [0.05, 0.1) is 0 Å². The molecule has 5 nitrogen and oxygen atoms in total. The number of Topliss-reactive ketones (excluding diaryl/α,β-unsaturated/α-hetero) is 1. The van der Waals surface area contributed by atoms with Crippen LogP contribution >= 0.6 is 0 Å². The topological polar surface area (TPSA) is 67.8 Å². The smallest absolute Gasteiger partial charge is 0.161 e. The monoisotopic (exact) mass is 242 g/mol. The van der Waals surface area contributed by atoms with Crippen molar-refractivity contribution in [2.45, 2.75) is 13.3 Å². The van der Waals surface area contributed by atoms with Crippen LogP contribution in [0.1, 0.15) is 13.3 Å². The number of carbonyl (C=O) groups excluding carboxylic acids is 1. The molecule has 0 atom stereocenters. The van der Waals surface area contributed by atoms with E-state index in [-0.39, 0.29) is 5.78 Å². The Labute approximate surface area is 105 Å². The SMILES string of the molecule is CC(=O)CCNc1ccnc(-c2ccncc2)n1. The largest absolute Gasteiger partial charge is 0.370 e. The summed E-state index contributed by atoms with van der Waals surface area (Å²) < 4.78 is 0. The van der Waals surface area contributed by atoms with Crippen molar-refractivity contribution in [3.8, 4) is 11.4 Å². The molecular weight excluding hydrogens is 228 g/mol. The van der Waals surface area contributed by atoms with Crippen LogP contribution in [-0.2, 0) is 4.79 Å². The second-order valence-corrected chi connectivity index (χ2v) is 3.88. The lowest BCUT2D eigenvalue weighted by atomic mass is 10.2. The number of ketones is 1. The molecule has 0 bridgehead atoms. The molecule has 2 heterocycles. The van der Waals surface area contributed by atoms with E-state index < -0.39 is 0 Å². The number of rotatable bonds is 5. The average Bonchev–Trinajstić information content (AvgIpc) is 2.40. The Balaban J connectivity index is 2.08. The summed E-state index contributed by atoms with van der Waals surface area (Å²) in [6.07, 6.45) is 5.59. The summed E-state index contributed by atoms with van der Waals surface area (Å²) >= 11 is 0. The summed E-state index contributed by atoms with van der Waals surface area (Å²) in [5.41, 5.74) is 0.917. The maximum Gasteiger partial charge on any atom is 0.161 e.